The number of rotatable bonds is 7. The van der Waals surface area contributed by atoms with E-state index in [1.165, 1.54) is 6.20 Å². The fourth-order valence-corrected chi connectivity index (χ4v) is 2.45. The summed E-state index contributed by atoms with van der Waals surface area (Å²) in [5, 5.41) is 12.1. The van der Waals surface area contributed by atoms with Crippen LogP contribution < -0.4 is 15.6 Å². The summed E-state index contributed by atoms with van der Waals surface area (Å²) in [6.07, 6.45) is 2.03. The summed E-state index contributed by atoms with van der Waals surface area (Å²) >= 11 is 0. The van der Waals surface area contributed by atoms with Crippen molar-refractivity contribution in [2.24, 2.45) is 0 Å². The van der Waals surface area contributed by atoms with Crippen LogP contribution in [0.25, 0.3) is 10.9 Å². The number of fused-ring (bicyclic) bond motifs is 1. The SMILES string of the molecule is CCn1cc(C(=O)O)c(=O)c2ccc(N(C)CCNC=O)cc21. The lowest BCUT2D eigenvalue weighted by Crippen LogP contribution is -2.28. The molecule has 0 aliphatic carbocycles. The first-order valence-corrected chi connectivity index (χ1v) is 7.28. The van der Waals surface area contributed by atoms with Crippen LogP contribution in [-0.4, -0.2) is 42.2 Å². The molecule has 23 heavy (non-hydrogen) atoms. The molecule has 2 aromatic rings. The van der Waals surface area contributed by atoms with Gasteiger partial charge >= 0.3 is 5.97 Å². The van der Waals surface area contributed by atoms with Crippen LogP contribution in [0, 0.1) is 0 Å². The molecule has 2 N–H and O–H groups in total. The number of carbonyl (C=O) groups excluding carboxylic acids is 1. The molecular formula is C16H19N3O4. The number of aromatic carboxylic acids is 1. The molecule has 0 saturated heterocycles. The van der Waals surface area contributed by atoms with Gasteiger partial charge in [-0.3, -0.25) is 9.59 Å². The third kappa shape index (κ3) is 3.33. The van der Waals surface area contributed by atoms with E-state index < -0.39 is 11.4 Å². The van der Waals surface area contributed by atoms with Crippen LogP contribution in [-0.2, 0) is 11.3 Å². The van der Waals surface area contributed by atoms with E-state index in [0.29, 0.717) is 36.9 Å². The van der Waals surface area contributed by atoms with Gasteiger partial charge in [-0.05, 0) is 25.1 Å². The van der Waals surface area contributed by atoms with Crippen LogP contribution in [0.4, 0.5) is 5.69 Å². The molecule has 7 nitrogen and oxygen atoms in total. The molecule has 2 rings (SSSR count). The second kappa shape index (κ2) is 6.95. The first-order valence-electron chi connectivity index (χ1n) is 7.28. The van der Waals surface area contributed by atoms with Gasteiger partial charge in [0.25, 0.3) is 0 Å². The van der Waals surface area contributed by atoms with Crippen LogP contribution >= 0.6 is 0 Å². The van der Waals surface area contributed by atoms with Gasteiger partial charge in [-0.25, -0.2) is 4.79 Å². The number of pyridine rings is 1. The third-order valence-corrected chi connectivity index (χ3v) is 3.75. The van der Waals surface area contributed by atoms with Crippen molar-refractivity contribution in [3.63, 3.8) is 0 Å². The lowest BCUT2D eigenvalue weighted by Gasteiger charge is -2.20. The van der Waals surface area contributed by atoms with Crippen molar-refractivity contribution in [1.29, 1.82) is 0 Å². The number of hydrogen-bond donors (Lipinski definition) is 2. The molecule has 0 aliphatic rings. The van der Waals surface area contributed by atoms with Crippen molar-refractivity contribution in [3.8, 4) is 0 Å². The third-order valence-electron chi connectivity index (χ3n) is 3.75. The van der Waals surface area contributed by atoms with Crippen molar-refractivity contribution < 1.29 is 14.7 Å². The minimum atomic E-state index is -1.22. The topological polar surface area (TPSA) is 91.6 Å². The number of likely N-dealkylation sites (N-methyl/N-ethyl adjacent to an activating group) is 1. The first-order chi connectivity index (χ1) is 11.0. The van der Waals surface area contributed by atoms with Crippen LogP contribution in [0.15, 0.2) is 29.2 Å². The Morgan fingerprint density at radius 1 is 1.43 bits per heavy atom. The van der Waals surface area contributed by atoms with Crippen LogP contribution in [0.3, 0.4) is 0 Å². The summed E-state index contributed by atoms with van der Waals surface area (Å²) in [6.45, 7) is 3.57. The summed E-state index contributed by atoms with van der Waals surface area (Å²) in [6, 6.07) is 5.28. The highest BCUT2D eigenvalue weighted by molar-refractivity contribution is 5.93. The van der Waals surface area contributed by atoms with Crippen LogP contribution in [0.2, 0.25) is 0 Å². The number of aromatic nitrogens is 1. The number of carboxylic acid groups (broad SMARTS) is 1. The largest absolute Gasteiger partial charge is 0.477 e. The van der Waals surface area contributed by atoms with Crippen molar-refractivity contribution in [2.75, 3.05) is 25.0 Å². The van der Waals surface area contributed by atoms with Gasteiger partial charge in [-0.1, -0.05) is 0 Å². The zero-order valence-corrected chi connectivity index (χ0v) is 13.1. The number of amides is 1. The van der Waals surface area contributed by atoms with Gasteiger partial charge in [-0.2, -0.15) is 0 Å². The number of hydrogen-bond acceptors (Lipinski definition) is 4. The minimum Gasteiger partial charge on any atom is -0.477 e. The average Bonchev–Trinajstić information content (AvgIpc) is 2.54. The zero-order chi connectivity index (χ0) is 17.0. The summed E-state index contributed by atoms with van der Waals surface area (Å²) in [5.74, 6) is -1.22. The van der Waals surface area contributed by atoms with E-state index >= 15 is 0 Å². The Hall–Kier alpha value is -2.83. The standard InChI is InChI=1S/C16H19N3O4/c1-3-19-9-13(16(22)23)15(21)12-5-4-11(8-14(12)19)18(2)7-6-17-10-20/h4-5,8-10H,3,6-7H2,1-2H3,(H,17,20)(H,22,23). The molecule has 122 valence electrons. The van der Waals surface area contributed by atoms with E-state index in [1.807, 2.05) is 24.9 Å². The first kappa shape index (κ1) is 16.5. The Balaban J connectivity index is 2.50. The number of carbonyl (C=O) groups is 2. The number of carboxylic acids is 1. The predicted octanol–water partition coefficient (Wildman–Crippen LogP) is 0.902. The molecule has 1 aromatic heterocycles. The van der Waals surface area contributed by atoms with Crippen molar-refractivity contribution >= 4 is 29.0 Å². The molecule has 0 radical (unpaired) electrons. The van der Waals surface area contributed by atoms with Gasteiger partial charge in [0.2, 0.25) is 11.8 Å². The van der Waals surface area contributed by atoms with E-state index in [4.69, 9.17) is 5.11 Å². The van der Waals surface area contributed by atoms with Gasteiger partial charge in [0, 0.05) is 44.0 Å². The number of aryl methyl sites for hydroxylation is 1. The molecule has 1 heterocycles. The average molecular weight is 317 g/mol. The molecule has 1 amide bonds. The van der Waals surface area contributed by atoms with E-state index in [0.717, 1.165) is 5.69 Å². The van der Waals surface area contributed by atoms with E-state index in [-0.39, 0.29) is 5.56 Å². The second-order valence-electron chi connectivity index (χ2n) is 5.16. The van der Waals surface area contributed by atoms with Crippen molar-refractivity contribution in [1.82, 2.24) is 9.88 Å². The molecule has 7 heteroatoms. The lowest BCUT2D eigenvalue weighted by atomic mass is 10.1. The quantitative estimate of drug-likeness (QED) is 0.585. The number of nitrogens with zero attached hydrogens (tertiary/aromatic N) is 2. The van der Waals surface area contributed by atoms with E-state index in [2.05, 4.69) is 5.32 Å². The minimum absolute atomic E-state index is 0.226. The highest BCUT2D eigenvalue weighted by Crippen LogP contribution is 2.20. The molecule has 0 unspecified atom stereocenters. The van der Waals surface area contributed by atoms with E-state index in [9.17, 15) is 14.4 Å². The maximum absolute atomic E-state index is 12.3. The molecule has 0 spiro atoms. The Labute approximate surface area is 133 Å². The van der Waals surface area contributed by atoms with Gasteiger partial charge < -0.3 is 19.9 Å². The summed E-state index contributed by atoms with van der Waals surface area (Å²) in [7, 11) is 1.88. The van der Waals surface area contributed by atoms with Gasteiger partial charge in [0.15, 0.2) is 0 Å². The highest BCUT2D eigenvalue weighted by atomic mass is 16.4. The lowest BCUT2D eigenvalue weighted by molar-refractivity contribution is -0.109. The smallest absolute Gasteiger partial charge is 0.341 e. The van der Waals surface area contributed by atoms with Crippen molar-refractivity contribution in [3.05, 3.63) is 40.2 Å². The molecular weight excluding hydrogens is 298 g/mol. The van der Waals surface area contributed by atoms with Gasteiger partial charge in [0.1, 0.15) is 5.56 Å². The van der Waals surface area contributed by atoms with E-state index in [1.54, 1.807) is 16.7 Å². The Bertz CT molecular complexity index is 798. The fourth-order valence-electron chi connectivity index (χ4n) is 2.45. The Morgan fingerprint density at radius 2 is 2.17 bits per heavy atom. The predicted molar refractivity (Wildman–Crippen MR) is 88.2 cm³/mol. The maximum Gasteiger partial charge on any atom is 0.341 e. The number of nitrogens with one attached hydrogen (secondary N) is 1. The monoisotopic (exact) mass is 317 g/mol. The second-order valence-corrected chi connectivity index (χ2v) is 5.16. The van der Waals surface area contributed by atoms with Crippen molar-refractivity contribution in [2.45, 2.75) is 13.5 Å². The maximum atomic E-state index is 12.3. The summed E-state index contributed by atoms with van der Waals surface area (Å²) < 4.78 is 1.75. The highest BCUT2D eigenvalue weighted by Gasteiger charge is 2.14. The molecule has 1 aromatic carbocycles. The molecule has 0 atom stereocenters. The zero-order valence-electron chi connectivity index (χ0n) is 13.1. The van der Waals surface area contributed by atoms with Gasteiger partial charge in [-0.15, -0.1) is 0 Å². The molecule has 0 fully saturated rings. The molecule has 0 bridgehead atoms. The Kier molecular flexibility index (Phi) is 5.00. The molecule has 0 saturated carbocycles. The molecule has 0 aliphatic heterocycles. The fraction of sp³-hybridized carbons (Fsp3) is 0.312. The van der Waals surface area contributed by atoms with Crippen LogP contribution in [0.1, 0.15) is 17.3 Å². The Morgan fingerprint density at radius 3 is 2.78 bits per heavy atom. The number of anilines is 1. The van der Waals surface area contributed by atoms with Gasteiger partial charge in [0.05, 0.1) is 5.52 Å². The number of benzene rings is 1. The normalized spacial score (nSPS) is 10.5. The van der Waals surface area contributed by atoms with Crippen LogP contribution in [0.5, 0.6) is 0 Å². The summed E-state index contributed by atoms with van der Waals surface area (Å²) in [5.41, 5.74) is 0.870. The summed E-state index contributed by atoms with van der Waals surface area (Å²) in [4.78, 5) is 35.7.